The van der Waals surface area contributed by atoms with E-state index in [0.717, 1.165) is 0 Å². The number of sulfonamides is 1. The van der Waals surface area contributed by atoms with Crippen LogP contribution in [0.15, 0.2) is 17.3 Å². The van der Waals surface area contributed by atoms with Crippen molar-refractivity contribution in [3.05, 3.63) is 12.4 Å². The summed E-state index contributed by atoms with van der Waals surface area (Å²) in [4.78, 5) is 0.159. The fourth-order valence-corrected chi connectivity index (χ4v) is 2.32. The summed E-state index contributed by atoms with van der Waals surface area (Å²) in [6.45, 7) is 0.338. The summed E-state index contributed by atoms with van der Waals surface area (Å²) < 4.78 is 27.3. The van der Waals surface area contributed by atoms with Crippen LogP contribution < -0.4 is 10.5 Å². The number of rotatable bonds is 7. The zero-order valence-electron chi connectivity index (χ0n) is 9.68. The third kappa shape index (κ3) is 4.53. The molecule has 0 saturated carbocycles. The molecular formula is C9H17N5O2S. The predicted molar refractivity (Wildman–Crippen MR) is 64.2 cm³/mol. The average molecular weight is 259 g/mol. The lowest BCUT2D eigenvalue weighted by Gasteiger charge is -2.04. The molecule has 0 fully saturated rings. The molecule has 0 aliphatic rings. The van der Waals surface area contributed by atoms with E-state index in [1.807, 2.05) is 0 Å². The van der Waals surface area contributed by atoms with Gasteiger partial charge in [-0.2, -0.15) is 5.10 Å². The molecule has 0 spiro atoms. The average Bonchev–Trinajstić information content (AvgIpc) is 2.64. The first-order valence-corrected chi connectivity index (χ1v) is 6.71. The maximum Gasteiger partial charge on any atom is 0.243 e. The summed E-state index contributed by atoms with van der Waals surface area (Å²) >= 11 is 0. The molecule has 0 unspecified atom stereocenters. The molecule has 0 amide bonds. The number of amidine groups is 1. The van der Waals surface area contributed by atoms with Gasteiger partial charge in [-0.05, 0) is 12.8 Å². The highest BCUT2D eigenvalue weighted by Crippen LogP contribution is 2.06. The second kappa shape index (κ2) is 5.78. The Bertz CT molecular complexity index is 479. The van der Waals surface area contributed by atoms with Crippen molar-refractivity contribution in [2.75, 3.05) is 6.54 Å². The first-order valence-electron chi connectivity index (χ1n) is 5.23. The van der Waals surface area contributed by atoms with Crippen molar-refractivity contribution in [2.45, 2.75) is 24.2 Å². The highest BCUT2D eigenvalue weighted by Gasteiger charge is 2.14. The molecular weight excluding hydrogens is 242 g/mol. The Kier molecular flexibility index (Phi) is 4.64. The van der Waals surface area contributed by atoms with E-state index >= 15 is 0 Å². The summed E-state index contributed by atoms with van der Waals surface area (Å²) in [5.41, 5.74) is 5.19. The van der Waals surface area contributed by atoms with E-state index in [1.165, 1.54) is 17.1 Å². The van der Waals surface area contributed by atoms with Crippen LogP contribution in [0, 0.1) is 5.41 Å². The topological polar surface area (TPSA) is 114 Å². The smallest absolute Gasteiger partial charge is 0.243 e. The van der Waals surface area contributed by atoms with Gasteiger partial charge in [-0.25, -0.2) is 13.1 Å². The van der Waals surface area contributed by atoms with Crippen LogP contribution >= 0.6 is 0 Å². The lowest BCUT2D eigenvalue weighted by molar-refractivity contribution is 0.577. The number of aryl methyl sites for hydroxylation is 1. The zero-order valence-corrected chi connectivity index (χ0v) is 10.5. The SMILES string of the molecule is Cn1cc(S(=O)(=O)NCCCCC(=N)N)cn1. The van der Waals surface area contributed by atoms with Gasteiger partial charge in [-0.3, -0.25) is 10.1 Å². The normalized spacial score (nSPS) is 11.6. The van der Waals surface area contributed by atoms with Crippen molar-refractivity contribution < 1.29 is 8.42 Å². The first kappa shape index (κ1) is 13.7. The van der Waals surface area contributed by atoms with Crippen molar-refractivity contribution in [3.63, 3.8) is 0 Å². The van der Waals surface area contributed by atoms with E-state index < -0.39 is 10.0 Å². The van der Waals surface area contributed by atoms with Crippen LogP contribution in [0.2, 0.25) is 0 Å². The van der Waals surface area contributed by atoms with E-state index in [2.05, 4.69) is 9.82 Å². The van der Waals surface area contributed by atoms with Crippen LogP contribution in [0.25, 0.3) is 0 Å². The minimum absolute atomic E-state index is 0.125. The van der Waals surface area contributed by atoms with Crippen LogP contribution in [0.1, 0.15) is 19.3 Å². The third-order valence-electron chi connectivity index (χ3n) is 2.16. The number of unbranched alkanes of at least 4 members (excludes halogenated alkanes) is 1. The molecule has 0 aliphatic heterocycles. The van der Waals surface area contributed by atoms with Crippen molar-refractivity contribution in [2.24, 2.45) is 12.8 Å². The molecule has 0 bridgehead atoms. The molecule has 1 aromatic rings. The van der Waals surface area contributed by atoms with E-state index in [1.54, 1.807) is 7.05 Å². The zero-order chi connectivity index (χ0) is 12.9. The highest BCUT2D eigenvalue weighted by molar-refractivity contribution is 7.89. The van der Waals surface area contributed by atoms with Crippen LogP contribution in [0.5, 0.6) is 0 Å². The van der Waals surface area contributed by atoms with Gasteiger partial charge in [-0.1, -0.05) is 0 Å². The van der Waals surface area contributed by atoms with Crippen molar-refractivity contribution in [1.29, 1.82) is 5.41 Å². The van der Waals surface area contributed by atoms with Gasteiger partial charge in [0.05, 0.1) is 12.0 Å². The molecule has 1 aromatic heterocycles. The van der Waals surface area contributed by atoms with E-state index in [0.29, 0.717) is 25.8 Å². The van der Waals surface area contributed by atoms with Crippen molar-refractivity contribution in [3.8, 4) is 0 Å². The minimum Gasteiger partial charge on any atom is -0.388 e. The quantitative estimate of drug-likeness (QED) is 0.357. The molecule has 0 aromatic carbocycles. The molecule has 1 rings (SSSR count). The number of hydrogen-bond donors (Lipinski definition) is 3. The molecule has 1 heterocycles. The van der Waals surface area contributed by atoms with Gasteiger partial charge in [0.15, 0.2) is 0 Å². The Morgan fingerprint density at radius 3 is 2.82 bits per heavy atom. The summed E-state index contributed by atoms with van der Waals surface area (Å²) in [6, 6.07) is 0. The van der Waals surface area contributed by atoms with E-state index in [4.69, 9.17) is 11.1 Å². The Morgan fingerprint density at radius 1 is 1.59 bits per heavy atom. The molecule has 0 saturated heterocycles. The summed E-state index contributed by atoms with van der Waals surface area (Å²) in [7, 11) is -1.80. The number of nitrogens with one attached hydrogen (secondary N) is 2. The molecule has 96 valence electrons. The monoisotopic (exact) mass is 259 g/mol. The van der Waals surface area contributed by atoms with Gasteiger partial charge in [0.25, 0.3) is 0 Å². The van der Waals surface area contributed by atoms with Crippen LogP contribution in [0.3, 0.4) is 0 Å². The lowest BCUT2D eigenvalue weighted by Crippen LogP contribution is -2.24. The molecule has 0 aliphatic carbocycles. The largest absolute Gasteiger partial charge is 0.388 e. The summed E-state index contributed by atoms with van der Waals surface area (Å²) in [6.07, 6.45) is 4.59. The number of hydrogen-bond acceptors (Lipinski definition) is 4. The number of aromatic nitrogens is 2. The van der Waals surface area contributed by atoms with Gasteiger partial charge in [0.1, 0.15) is 4.90 Å². The molecule has 8 heteroatoms. The molecule has 0 radical (unpaired) electrons. The van der Waals surface area contributed by atoms with E-state index in [9.17, 15) is 8.42 Å². The van der Waals surface area contributed by atoms with Gasteiger partial charge in [0.2, 0.25) is 10.0 Å². The molecule has 4 N–H and O–H groups in total. The maximum atomic E-state index is 11.7. The van der Waals surface area contributed by atoms with Crippen LogP contribution in [-0.4, -0.2) is 30.6 Å². The van der Waals surface area contributed by atoms with Gasteiger partial charge in [-0.15, -0.1) is 0 Å². The number of nitrogens with zero attached hydrogens (tertiary/aromatic N) is 2. The molecule has 0 atom stereocenters. The van der Waals surface area contributed by atoms with Gasteiger partial charge < -0.3 is 5.73 Å². The first-order chi connectivity index (χ1) is 7.92. The maximum absolute atomic E-state index is 11.7. The molecule has 17 heavy (non-hydrogen) atoms. The van der Waals surface area contributed by atoms with E-state index in [-0.39, 0.29) is 10.7 Å². The van der Waals surface area contributed by atoms with Crippen molar-refractivity contribution >= 4 is 15.9 Å². The summed E-state index contributed by atoms with van der Waals surface area (Å²) in [5.74, 6) is 0.125. The Labute approximate surface area is 101 Å². The van der Waals surface area contributed by atoms with Crippen LogP contribution in [0.4, 0.5) is 0 Å². The Hall–Kier alpha value is -1.41. The third-order valence-corrected chi connectivity index (χ3v) is 3.57. The highest BCUT2D eigenvalue weighted by atomic mass is 32.2. The second-order valence-corrected chi connectivity index (χ2v) is 5.50. The van der Waals surface area contributed by atoms with Crippen molar-refractivity contribution in [1.82, 2.24) is 14.5 Å². The summed E-state index contributed by atoms with van der Waals surface area (Å²) in [5, 5.41) is 10.8. The standard InChI is InChI=1S/C9H17N5O2S/c1-14-7-8(6-12-14)17(15,16)13-5-3-2-4-9(10)11/h6-7,13H,2-5H2,1H3,(H3,10,11). The fraction of sp³-hybridized carbons (Fsp3) is 0.556. The minimum atomic E-state index is -3.46. The fourth-order valence-electron chi connectivity index (χ4n) is 1.27. The lowest BCUT2D eigenvalue weighted by atomic mass is 10.2. The Morgan fingerprint density at radius 2 is 2.29 bits per heavy atom. The predicted octanol–water partition coefficient (Wildman–Crippen LogP) is -0.195. The van der Waals surface area contributed by atoms with Gasteiger partial charge in [0, 0.05) is 26.2 Å². The Balaban J connectivity index is 2.38. The molecule has 7 nitrogen and oxygen atoms in total. The number of nitrogens with two attached hydrogens (primary N) is 1. The van der Waals surface area contributed by atoms with Crippen LogP contribution in [-0.2, 0) is 17.1 Å². The van der Waals surface area contributed by atoms with Gasteiger partial charge >= 0.3 is 0 Å². The second-order valence-electron chi connectivity index (χ2n) is 3.73.